The highest BCUT2D eigenvalue weighted by atomic mass is 16.1. The summed E-state index contributed by atoms with van der Waals surface area (Å²) in [6, 6.07) is 8.18. The third kappa shape index (κ3) is 3.13. The van der Waals surface area contributed by atoms with Crippen LogP contribution in [0, 0.1) is 20.8 Å². The summed E-state index contributed by atoms with van der Waals surface area (Å²) in [5.74, 6) is -0.0730. The Labute approximate surface area is 135 Å². The molecule has 0 fully saturated rings. The van der Waals surface area contributed by atoms with Crippen molar-refractivity contribution in [3.05, 3.63) is 52.5 Å². The summed E-state index contributed by atoms with van der Waals surface area (Å²) < 4.78 is 0. The summed E-state index contributed by atoms with van der Waals surface area (Å²) in [6.07, 6.45) is 0.703. The summed E-state index contributed by atoms with van der Waals surface area (Å²) in [5, 5.41) is 11.3. The normalized spacial score (nSPS) is 12.5. The van der Waals surface area contributed by atoms with Crippen molar-refractivity contribution in [2.24, 2.45) is 0 Å². The largest absolute Gasteiger partial charge is 0.350 e. The van der Waals surface area contributed by atoms with Gasteiger partial charge < -0.3 is 10.3 Å². The highest BCUT2D eigenvalue weighted by molar-refractivity contribution is 6.01. The molecule has 23 heavy (non-hydrogen) atoms. The molecule has 0 radical (unpaired) electrons. The smallest absolute Gasteiger partial charge is 0.268 e. The number of amides is 1. The molecule has 0 aliphatic carbocycles. The van der Waals surface area contributed by atoms with Crippen LogP contribution in [0.4, 0.5) is 0 Å². The number of nitrogens with zero attached hydrogens (tertiary/aromatic N) is 1. The number of aromatic amines is 2. The Morgan fingerprint density at radius 2 is 2.04 bits per heavy atom. The number of carbonyl (C=O) groups is 1. The number of fused-ring (bicyclic) bond motifs is 1. The number of benzene rings is 1. The van der Waals surface area contributed by atoms with Gasteiger partial charge in [0.1, 0.15) is 5.69 Å². The average molecular weight is 310 g/mol. The van der Waals surface area contributed by atoms with Gasteiger partial charge in [-0.3, -0.25) is 9.89 Å². The molecular formula is C18H22N4O. The van der Waals surface area contributed by atoms with Gasteiger partial charge in [-0.1, -0.05) is 11.6 Å². The summed E-state index contributed by atoms with van der Waals surface area (Å²) in [4.78, 5) is 15.8. The monoisotopic (exact) mass is 310 g/mol. The van der Waals surface area contributed by atoms with Crippen LogP contribution >= 0.6 is 0 Å². The predicted octanol–water partition coefficient (Wildman–Crippen LogP) is 3.18. The van der Waals surface area contributed by atoms with Crippen molar-refractivity contribution < 1.29 is 4.79 Å². The first-order valence-corrected chi connectivity index (χ1v) is 7.84. The molecule has 1 aromatic carbocycles. The highest BCUT2D eigenvalue weighted by Gasteiger charge is 2.17. The Kier molecular flexibility index (Phi) is 3.94. The lowest BCUT2D eigenvalue weighted by molar-refractivity contribution is 0.0935. The second-order valence-corrected chi connectivity index (χ2v) is 6.29. The highest BCUT2D eigenvalue weighted by Crippen LogP contribution is 2.22. The fraction of sp³-hybridized carbons (Fsp3) is 0.333. The average Bonchev–Trinajstić information content (AvgIpc) is 3.03. The van der Waals surface area contributed by atoms with E-state index >= 15 is 0 Å². The van der Waals surface area contributed by atoms with E-state index in [1.54, 1.807) is 0 Å². The van der Waals surface area contributed by atoms with Crippen LogP contribution in [0.25, 0.3) is 10.9 Å². The van der Waals surface area contributed by atoms with E-state index in [0.29, 0.717) is 12.1 Å². The third-order valence-corrected chi connectivity index (χ3v) is 4.09. The van der Waals surface area contributed by atoms with E-state index in [4.69, 9.17) is 0 Å². The second-order valence-electron chi connectivity index (χ2n) is 6.29. The summed E-state index contributed by atoms with van der Waals surface area (Å²) >= 11 is 0. The van der Waals surface area contributed by atoms with Gasteiger partial charge in [-0.2, -0.15) is 5.10 Å². The number of rotatable bonds is 4. The maximum absolute atomic E-state index is 12.6. The van der Waals surface area contributed by atoms with E-state index in [1.165, 1.54) is 5.56 Å². The molecule has 0 aliphatic heterocycles. The zero-order valence-corrected chi connectivity index (χ0v) is 13.9. The van der Waals surface area contributed by atoms with Gasteiger partial charge in [0.15, 0.2) is 0 Å². The van der Waals surface area contributed by atoms with Gasteiger partial charge >= 0.3 is 0 Å². The van der Waals surface area contributed by atoms with Crippen LogP contribution in [0.5, 0.6) is 0 Å². The molecule has 2 aromatic heterocycles. The Morgan fingerprint density at radius 3 is 2.74 bits per heavy atom. The Morgan fingerprint density at radius 1 is 1.26 bits per heavy atom. The maximum atomic E-state index is 12.6. The molecule has 0 bridgehead atoms. The standard InChI is InChI=1S/C18H22N4O/c1-10-5-6-16-15(7-10)13(4)17(20-16)18(23)19-11(2)8-14-9-12(3)21-22-14/h5-7,9,11,20H,8H2,1-4H3,(H,19,23)(H,21,22)/t11-/m0/s1. The lowest BCUT2D eigenvalue weighted by Gasteiger charge is -2.12. The number of nitrogens with one attached hydrogen (secondary N) is 3. The number of hydrogen-bond acceptors (Lipinski definition) is 2. The lowest BCUT2D eigenvalue weighted by atomic mass is 10.1. The van der Waals surface area contributed by atoms with Gasteiger partial charge in [0.25, 0.3) is 5.91 Å². The molecular weight excluding hydrogens is 288 g/mol. The summed E-state index contributed by atoms with van der Waals surface area (Å²) in [7, 11) is 0. The first kappa shape index (κ1) is 15.3. The molecule has 5 nitrogen and oxygen atoms in total. The minimum atomic E-state index is -0.0730. The Balaban J connectivity index is 1.76. The number of aromatic nitrogens is 3. The molecule has 3 N–H and O–H groups in total. The molecule has 0 aliphatic rings. The molecule has 1 amide bonds. The van der Waals surface area contributed by atoms with Crippen LogP contribution in [0.15, 0.2) is 24.3 Å². The van der Waals surface area contributed by atoms with Crippen LogP contribution in [-0.4, -0.2) is 27.1 Å². The summed E-state index contributed by atoms with van der Waals surface area (Å²) in [6.45, 7) is 7.99. The first-order chi connectivity index (χ1) is 10.9. The molecule has 1 atom stereocenters. The van der Waals surface area contributed by atoms with Crippen molar-refractivity contribution >= 4 is 16.8 Å². The van der Waals surface area contributed by atoms with Crippen LogP contribution in [0.1, 0.15) is 39.9 Å². The van der Waals surface area contributed by atoms with Gasteiger partial charge in [-0.05, 0) is 51.5 Å². The second kappa shape index (κ2) is 5.91. The van der Waals surface area contributed by atoms with E-state index in [0.717, 1.165) is 27.9 Å². The van der Waals surface area contributed by atoms with E-state index in [-0.39, 0.29) is 11.9 Å². The number of hydrogen-bond donors (Lipinski definition) is 3. The molecule has 120 valence electrons. The van der Waals surface area contributed by atoms with Crippen molar-refractivity contribution in [1.82, 2.24) is 20.5 Å². The Hall–Kier alpha value is -2.56. The minimum absolute atomic E-state index is 0.0118. The molecule has 0 saturated heterocycles. The molecule has 0 unspecified atom stereocenters. The quantitative estimate of drug-likeness (QED) is 0.692. The zero-order chi connectivity index (χ0) is 16.6. The molecule has 0 spiro atoms. The van der Waals surface area contributed by atoms with Gasteiger partial charge in [0.05, 0.1) is 5.69 Å². The van der Waals surface area contributed by atoms with Gasteiger partial charge in [-0.15, -0.1) is 0 Å². The number of carbonyl (C=O) groups excluding carboxylic acids is 1. The van der Waals surface area contributed by atoms with Crippen LogP contribution in [-0.2, 0) is 6.42 Å². The molecule has 3 aromatic rings. The first-order valence-electron chi connectivity index (χ1n) is 7.84. The summed E-state index contributed by atoms with van der Waals surface area (Å²) in [5.41, 5.74) is 5.79. The van der Waals surface area contributed by atoms with Crippen molar-refractivity contribution in [3.63, 3.8) is 0 Å². The van der Waals surface area contributed by atoms with Gasteiger partial charge in [-0.25, -0.2) is 0 Å². The number of H-pyrrole nitrogens is 2. The predicted molar refractivity (Wildman–Crippen MR) is 91.7 cm³/mol. The molecule has 5 heteroatoms. The van der Waals surface area contributed by atoms with E-state index in [2.05, 4.69) is 33.5 Å². The molecule has 3 rings (SSSR count). The van der Waals surface area contributed by atoms with Crippen LogP contribution in [0.2, 0.25) is 0 Å². The van der Waals surface area contributed by atoms with Gasteiger partial charge in [0.2, 0.25) is 0 Å². The minimum Gasteiger partial charge on any atom is -0.350 e. The number of aryl methyl sites for hydroxylation is 3. The fourth-order valence-electron chi connectivity index (χ4n) is 2.91. The zero-order valence-electron chi connectivity index (χ0n) is 13.9. The van der Waals surface area contributed by atoms with E-state index < -0.39 is 0 Å². The van der Waals surface area contributed by atoms with E-state index in [1.807, 2.05) is 39.0 Å². The SMILES string of the molecule is Cc1ccc2[nH]c(C(=O)N[C@@H](C)Cc3cc(C)[nH]n3)c(C)c2c1. The van der Waals surface area contributed by atoms with Crippen LogP contribution < -0.4 is 5.32 Å². The molecule has 0 saturated carbocycles. The van der Waals surface area contributed by atoms with Crippen molar-refractivity contribution in [3.8, 4) is 0 Å². The van der Waals surface area contributed by atoms with Crippen molar-refractivity contribution in [2.45, 2.75) is 40.2 Å². The third-order valence-electron chi connectivity index (χ3n) is 4.09. The topological polar surface area (TPSA) is 73.6 Å². The fourth-order valence-corrected chi connectivity index (χ4v) is 2.91. The Bertz CT molecular complexity index is 859. The van der Waals surface area contributed by atoms with Crippen molar-refractivity contribution in [1.29, 1.82) is 0 Å². The van der Waals surface area contributed by atoms with E-state index in [9.17, 15) is 4.79 Å². The van der Waals surface area contributed by atoms with Crippen LogP contribution in [0.3, 0.4) is 0 Å². The van der Waals surface area contributed by atoms with Gasteiger partial charge in [0, 0.05) is 29.1 Å². The lowest BCUT2D eigenvalue weighted by Crippen LogP contribution is -2.34. The van der Waals surface area contributed by atoms with Crippen molar-refractivity contribution in [2.75, 3.05) is 0 Å². The molecule has 2 heterocycles. The maximum Gasteiger partial charge on any atom is 0.268 e.